The summed E-state index contributed by atoms with van der Waals surface area (Å²) in [4.78, 5) is 37.8. The Morgan fingerprint density at radius 2 is 1.83 bits per heavy atom. The summed E-state index contributed by atoms with van der Waals surface area (Å²) in [5.74, 6) is -5.62. The molecule has 2 aromatic rings. The fourth-order valence-electron chi connectivity index (χ4n) is 2.91. The maximum absolute atomic E-state index is 13.9. The lowest BCUT2D eigenvalue weighted by Crippen LogP contribution is -2.33. The number of halogens is 3. The Bertz CT molecular complexity index is 966. The molecule has 2 aromatic carbocycles. The number of nitrogens with zero attached hydrogens (tertiary/aromatic N) is 1. The lowest BCUT2D eigenvalue weighted by atomic mass is 10.1. The maximum atomic E-state index is 13.9. The molecule has 1 saturated heterocycles. The number of carbonyl (C=O) groups excluding carboxylic acids is 3. The standard InChI is InChI=1S/C20H17F3N2O4/c1-11(19(27)24-13-6-7-14(21)16(23)9-13)29-20(28)12-8-18(26)25(10-12)17-5-3-2-4-15(17)22/h2-7,9,11-12H,8,10H2,1H3,(H,24,27)/t11-,12+/m1/s1. The monoisotopic (exact) mass is 406 g/mol. The molecule has 2 atom stereocenters. The van der Waals surface area contributed by atoms with E-state index in [1.807, 2.05) is 0 Å². The summed E-state index contributed by atoms with van der Waals surface area (Å²) in [5, 5.41) is 2.31. The van der Waals surface area contributed by atoms with Gasteiger partial charge in [0, 0.05) is 24.7 Å². The average Bonchev–Trinajstić information content (AvgIpc) is 3.06. The van der Waals surface area contributed by atoms with E-state index in [1.54, 1.807) is 6.07 Å². The van der Waals surface area contributed by atoms with E-state index >= 15 is 0 Å². The number of ether oxygens (including phenoxy) is 1. The van der Waals surface area contributed by atoms with Gasteiger partial charge in [0.2, 0.25) is 5.91 Å². The molecule has 1 aliphatic heterocycles. The van der Waals surface area contributed by atoms with Crippen molar-refractivity contribution in [1.82, 2.24) is 0 Å². The molecular formula is C20H17F3N2O4. The minimum absolute atomic E-state index is 0.00132. The number of rotatable bonds is 5. The summed E-state index contributed by atoms with van der Waals surface area (Å²) in [6.45, 7) is 1.23. The summed E-state index contributed by atoms with van der Waals surface area (Å²) in [6.07, 6.45) is -1.42. The third-order valence-corrected chi connectivity index (χ3v) is 4.45. The van der Waals surface area contributed by atoms with Gasteiger partial charge < -0.3 is 15.0 Å². The predicted octanol–water partition coefficient (Wildman–Crippen LogP) is 3.03. The molecule has 0 spiro atoms. The molecule has 6 nitrogen and oxygen atoms in total. The normalized spacial score (nSPS) is 17.2. The van der Waals surface area contributed by atoms with Crippen molar-refractivity contribution in [3.05, 3.63) is 59.9 Å². The van der Waals surface area contributed by atoms with Gasteiger partial charge in [0.25, 0.3) is 5.91 Å². The summed E-state index contributed by atoms with van der Waals surface area (Å²) in [7, 11) is 0. The lowest BCUT2D eigenvalue weighted by Gasteiger charge is -2.18. The Kier molecular flexibility index (Phi) is 5.86. The first-order valence-electron chi connectivity index (χ1n) is 8.77. The average molecular weight is 406 g/mol. The Hall–Kier alpha value is -3.36. The van der Waals surface area contributed by atoms with Crippen LogP contribution in [0.4, 0.5) is 24.5 Å². The highest BCUT2D eigenvalue weighted by Crippen LogP contribution is 2.28. The highest BCUT2D eigenvalue weighted by Gasteiger charge is 2.38. The third-order valence-electron chi connectivity index (χ3n) is 4.45. The molecule has 1 aliphatic rings. The van der Waals surface area contributed by atoms with E-state index < -0.39 is 47.3 Å². The van der Waals surface area contributed by atoms with Gasteiger partial charge in [-0.3, -0.25) is 14.4 Å². The van der Waals surface area contributed by atoms with Gasteiger partial charge >= 0.3 is 5.97 Å². The van der Waals surface area contributed by atoms with Crippen molar-refractivity contribution in [2.45, 2.75) is 19.4 Å². The van der Waals surface area contributed by atoms with Crippen LogP contribution in [0.1, 0.15) is 13.3 Å². The van der Waals surface area contributed by atoms with Crippen molar-refractivity contribution in [3.8, 4) is 0 Å². The number of esters is 1. The van der Waals surface area contributed by atoms with Crippen LogP contribution in [0, 0.1) is 23.4 Å². The number of benzene rings is 2. The first-order chi connectivity index (χ1) is 13.8. The molecule has 2 amide bonds. The Balaban J connectivity index is 1.59. The minimum atomic E-state index is -1.24. The zero-order valence-corrected chi connectivity index (χ0v) is 15.3. The van der Waals surface area contributed by atoms with Crippen molar-refractivity contribution in [2.24, 2.45) is 5.92 Å². The van der Waals surface area contributed by atoms with Crippen LogP contribution < -0.4 is 10.2 Å². The molecule has 29 heavy (non-hydrogen) atoms. The highest BCUT2D eigenvalue weighted by molar-refractivity contribution is 6.00. The largest absolute Gasteiger partial charge is 0.452 e. The number of anilines is 2. The van der Waals surface area contributed by atoms with Crippen molar-refractivity contribution in [1.29, 1.82) is 0 Å². The van der Waals surface area contributed by atoms with Crippen LogP contribution in [-0.4, -0.2) is 30.4 Å². The Morgan fingerprint density at radius 1 is 1.10 bits per heavy atom. The molecular weight excluding hydrogens is 389 g/mol. The Morgan fingerprint density at radius 3 is 2.52 bits per heavy atom. The number of amides is 2. The van der Waals surface area contributed by atoms with Gasteiger partial charge in [-0.25, -0.2) is 13.2 Å². The number of hydrogen-bond donors (Lipinski definition) is 1. The van der Waals surface area contributed by atoms with Crippen LogP contribution in [0.15, 0.2) is 42.5 Å². The zero-order chi connectivity index (χ0) is 21.1. The summed E-state index contributed by atoms with van der Waals surface area (Å²) < 4.78 is 45.2. The summed E-state index contributed by atoms with van der Waals surface area (Å²) in [6, 6.07) is 8.50. The van der Waals surface area contributed by atoms with Gasteiger partial charge in [-0.1, -0.05) is 12.1 Å². The second kappa shape index (κ2) is 8.34. The zero-order valence-electron chi connectivity index (χ0n) is 15.3. The second-order valence-electron chi connectivity index (χ2n) is 6.55. The molecule has 0 aliphatic carbocycles. The van der Waals surface area contributed by atoms with Gasteiger partial charge in [-0.2, -0.15) is 0 Å². The molecule has 9 heteroatoms. The number of para-hydroxylation sites is 1. The summed E-state index contributed by atoms with van der Waals surface area (Å²) in [5.41, 5.74) is 0.0653. The number of nitrogens with one attached hydrogen (secondary N) is 1. The van der Waals surface area contributed by atoms with Crippen LogP contribution in [0.3, 0.4) is 0 Å². The van der Waals surface area contributed by atoms with Gasteiger partial charge in [0.05, 0.1) is 11.6 Å². The van der Waals surface area contributed by atoms with Crippen LogP contribution in [0.2, 0.25) is 0 Å². The SMILES string of the molecule is C[C@@H](OC(=O)[C@H]1CC(=O)N(c2ccccc2F)C1)C(=O)Nc1ccc(F)c(F)c1. The van der Waals surface area contributed by atoms with E-state index in [2.05, 4.69) is 5.32 Å². The molecule has 0 saturated carbocycles. The highest BCUT2D eigenvalue weighted by atomic mass is 19.2. The van der Waals surface area contributed by atoms with E-state index in [-0.39, 0.29) is 24.3 Å². The fourth-order valence-corrected chi connectivity index (χ4v) is 2.91. The fraction of sp³-hybridized carbons (Fsp3) is 0.250. The molecule has 1 fully saturated rings. The summed E-state index contributed by atoms with van der Waals surface area (Å²) >= 11 is 0. The predicted molar refractivity (Wildman–Crippen MR) is 97.4 cm³/mol. The molecule has 0 bridgehead atoms. The van der Waals surface area contributed by atoms with Crippen molar-refractivity contribution < 1.29 is 32.3 Å². The van der Waals surface area contributed by atoms with Crippen molar-refractivity contribution in [3.63, 3.8) is 0 Å². The Labute approximate surface area is 164 Å². The number of carbonyl (C=O) groups is 3. The van der Waals surface area contributed by atoms with Crippen molar-refractivity contribution in [2.75, 3.05) is 16.8 Å². The van der Waals surface area contributed by atoms with Crippen LogP contribution in [0.25, 0.3) is 0 Å². The van der Waals surface area contributed by atoms with Crippen molar-refractivity contribution >= 4 is 29.2 Å². The molecule has 0 aromatic heterocycles. The lowest BCUT2D eigenvalue weighted by molar-refractivity contribution is -0.157. The van der Waals surface area contributed by atoms with E-state index in [4.69, 9.17) is 4.74 Å². The van der Waals surface area contributed by atoms with E-state index in [1.165, 1.54) is 25.1 Å². The van der Waals surface area contributed by atoms with Gasteiger partial charge in [0.1, 0.15) is 5.82 Å². The van der Waals surface area contributed by atoms with E-state index in [0.717, 1.165) is 23.1 Å². The quantitative estimate of drug-likeness (QED) is 0.775. The molecule has 152 valence electrons. The molecule has 0 unspecified atom stereocenters. The molecule has 3 rings (SSSR count). The first-order valence-corrected chi connectivity index (χ1v) is 8.77. The van der Waals surface area contributed by atoms with Crippen LogP contribution in [0.5, 0.6) is 0 Å². The molecule has 0 radical (unpaired) electrons. The first kappa shape index (κ1) is 20.4. The minimum Gasteiger partial charge on any atom is -0.452 e. The molecule has 1 N–H and O–H groups in total. The third kappa shape index (κ3) is 4.56. The van der Waals surface area contributed by atoms with E-state index in [9.17, 15) is 27.6 Å². The molecule has 1 heterocycles. The van der Waals surface area contributed by atoms with Gasteiger partial charge in [0.15, 0.2) is 17.7 Å². The maximum Gasteiger partial charge on any atom is 0.312 e. The van der Waals surface area contributed by atoms with Crippen LogP contribution >= 0.6 is 0 Å². The van der Waals surface area contributed by atoms with E-state index in [0.29, 0.717) is 0 Å². The van der Waals surface area contributed by atoms with Crippen LogP contribution in [-0.2, 0) is 19.1 Å². The number of hydrogen-bond acceptors (Lipinski definition) is 4. The van der Waals surface area contributed by atoms with Gasteiger partial charge in [-0.05, 0) is 31.2 Å². The second-order valence-corrected chi connectivity index (χ2v) is 6.55. The van der Waals surface area contributed by atoms with Gasteiger partial charge in [-0.15, -0.1) is 0 Å². The topological polar surface area (TPSA) is 75.7 Å². The smallest absolute Gasteiger partial charge is 0.312 e.